The van der Waals surface area contributed by atoms with Gasteiger partial charge in [-0.1, -0.05) is 12.1 Å². The molecular formula is C16H15NO5. The van der Waals surface area contributed by atoms with Crippen molar-refractivity contribution in [1.82, 2.24) is 5.32 Å². The molecule has 6 nitrogen and oxygen atoms in total. The summed E-state index contributed by atoms with van der Waals surface area (Å²) in [6.07, 6.45) is 2.88. The minimum atomic E-state index is -0.657. The summed E-state index contributed by atoms with van der Waals surface area (Å²) in [7, 11) is 2.80. The fourth-order valence-electron chi connectivity index (χ4n) is 1.71. The van der Waals surface area contributed by atoms with Crippen molar-refractivity contribution in [2.24, 2.45) is 0 Å². The van der Waals surface area contributed by atoms with Crippen LogP contribution in [0.4, 0.5) is 0 Å². The molecule has 114 valence electrons. The first-order valence-electron chi connectivity index (χ1n) is 6.43. The molecule has 1 amide bonds. The number of amides is 1. The van der Waals surface area contributed by atoms with Crippen LogP contribution in [0.3, 0.4) is 0 Å². The number of carbonyl (C=O) groups excluding carboxylic acids is 2. The Morgan fingerprint density at radius 3 is 2.41 bits per heavy atom. The molecule has 0 atom stereocenters. The van der Waals surface area contributed by atoms with Crippen LogP contribution in [-0.2, 0) is 9.53 Å². The van der Waals surface area contributed by atoms with Crippen molar-refractivity contribution < 1.29 is 23.5 Å². The van der Waals surface area contributed by atoms with Crippen LogP contribution in [0.15, 0.2) is 52.8 Å². The van der Waals surface area contributed by atoms with E-state index in [4.69, 9.17) is 9.15 Å². The summed E-state index contributed by atoms with van der Waals surface area (Å²) in [6.45, 7) is 0. The lowest BCUT2D eigenvalue weighted by Gasteiger charge is -2.07. The van der Waals surface area contributed by atoms with Gasteiger partial charge in [0.25, 0.3) is 5.91 Å². The highest BCUT2D eigenvalue weighted by molar-refractivity contribution is 6.02. The third-order valence-electron chi connectivity index (χ3n) is 2.83. The largest absolute Gasteiger partial charge is 0.497 e. The third-order valence-corrected chi connectivity index (χ3v) is 2.83. The average molecular weight is 301 g/mol. The number of methoxy groups -OCH3 is 2. The zero-order valence-electron chi connectivity index (χ0n) is 12.2. The Bertz CT molecular complexity index is 671. The van der Waals surface area contributed by atoms with Gasteiger partial charge in [-0.2, -0.15) is 0 Å². The van der Waals surface area contributed by atoms with Gasteiger partial charge in [-0.05, 0) is 35.9 Å². The predicted octanol–water partition coefficient (Wildman–Crippen LogP) is 2.23. The van der Waals surface area contributed by atoms with Gasteiger partial charge in [0.2, 0.25) is 0 Å². The maximum atomic E-state index is 12.0. The number of furan rings is 1. The van der Waals surface area contributed by atoms with Gasteiger partial charge in [-0.15, -0.1) is 0 Å². The van der Waals surface area contributed by atoms with Crippen LogP contribution in [0, 0.1) is 0 Å². The molecule has 22 heavy (non-hydrogen) atoms. The maximum Gasteiger partial charge on any atom is 0.354 e. The number of ether oxygens (including phenoxy) is 2. The number of hydrogen-bond acceptors (Lipinski definition) is 5. The van der Waals surface area contributed by atoms with Crippen LogP contribution in [0.5, 0.6) is 5.75 Å². The highest BCUT2D eigenvalue weighted by Gasteiger charge is 2.16. The molecule has 6 heteroatoms. The molecule has 0 unspecified atom stereocenters. The van der Waals surface area contributed by atoms with Crippen molar-refractivity contribution >= 4 is 18.0 Å². The summed E-state index contributed by atoms with van der Waals surface area (Å²) in [5.74, 6) is -0.396. The second-order valence-electron chi connectivity index (χ2n) is 4.25. The molecule has 0 fully saturated rings. The molecule has 2 rings (SSSR count). The van der Waals surface area contributed by atoms with Gasteiger partial charge in [-0.25, -0.2) is 4.79 Å². The molecule has 0 spiro atoms. The van der Waals surface area contributed by atoms with Crippen molar-refractivity contribution in [2.45, 2.75) is 0 Å². The van der Waals surface area contributed by atoms with E-state index in [0.29, 0.717) is 11.3 Å². The zero-order valence-corrected chi connectivity index (χ0v) is 12.2. The average Bonchev–Trinajstić information content (AvgIpc) is 3.08. The summed E-state index contributed by atoms with van der Waals surface area (Å²) in [6, 6.07) is 10.1. The number of nitrogens with one attached hydrogen (secondary N) is 1. The van der Waals surface area contributed by atoms with Gasteiger partial charge in [0.05, 0.1) is 20.5 Å². The van der Waals surface area contributed by atoms with E-state index in [-0.39, 0.29) is 11.5 Å². The summed E-state index contributed by atoms with van der Waals surface area (Å²) in [5, 5.41) is 2.47. The van der Waals surface area contributed by atoms with Gasteiger partial charge in [0, 0.05) is 0 Å². The van der Waals surface area contributed by atoms with E-state index in [9.17, 15) is 9.59 Å². The van der Waals surface area contributed by atoms with E-state index in [1.54, 1.807) is 37.4 Å². The second-order valence-corrected chi connectivity index (χ2v) is 4.25. The number of benzene rings is 1. The monoisotopic (exact) mass is 301 g/mol. The molecule has 1 heterocycles. The highest BCUT2D eigenvalue weighted by Crippen LogP contribution is 2.14. The van der Waals surface area contributed by atoms with Crippen molar-refractivity contribution in [3.05, 3.63) is 59.7 Å². The molecule has 0 aliphatic carbocycles. The Hall–Kier alpha value is -3.02. The van der Waals surface area contributed by atoms with Crippen LogP contribution in [0.1, 0.15) is 16.1 Å². The first kappa shape index (κ1) is 15.4. The lowest BCUT2D eigenvalue weighted by molar-refractivity contribution is -0.136. The quantitative estimate of drug-likeness (QED) is 0.677. The number of carbonyl (C=O) groups is 2. The molecule has 0 saturated heterocycles. The fraction of sp³-hybridized carbons (Fsp3) is 0.125. The Balaban J connectivity index is 2.23. The zero-order chi connectivity index (χ0) is 15.9. The molecule has 2 aromatic rings. The lowest BCUT2D eigenvalue weighted by atomic mass is 10.2. The topological polar surface area (TPSA) is 77.8 Å². The number of hydrogen-bond donors (Lipinski definition) is 1. The number of esters is 1. The van der Waals surface area contributed by atoms with Crippen LogP contribution >= 0.6 is 0 Å². The standard InChI is InChI=1S/C16H15NO5/c1-20-12-7-5-11(6-8-12)10-13(16(19)21-2)17-15(18)14-4-3-9-22-14/h3-10H,1-2H3,(H,17,18). The fourth-order valence-corrected chi connectivity index (χ4v) is 1.71. The van der Waals surface area contributed by atoms with E-state index in [2.05, 4.69) is 10.1 Å². The highest BCUT2D eigenvalue weighted by atomic mass is 16.5. The van der Waals surface area contributed by atoms with E-state index in [1.165, 1.54) is 25.5 Å². The molecule has 0 aliphatic rings. The molecule has 0 radical (unpaired) electrons. The Kier molecular flexibility index (Phi) is 4.98. The molecule has 0 aliphatic heterocycles. The summed E-state index contributed by atoms with van der Waals surface area (Å²) in [4.78, 5) is 23.7. The summed E-state index contributed by atoms with van der Waals surface area (Å²) >= 11 is 0. The van der Waals surface area contributed by atoms with Crippen molar-refractivity contribution in [1.29, 1.82) is 0 Å². The smallest absolute Gasteiger partial charge is 0.354 e. The van der Waals surface area contributed by atoms with Crippen LogP contribution in [0.25, 0.3) is 6.08 Å². The second kappa shape index (κ2) is 7.12. The van der Waals surface area contributed by atoms with Gasteiger partial charge in [-0.3, -0.25) is 4.79 Å². The van der Waals surface area contributed by atoms with E-state index in [0.717, 1.165) is 0 Å². The van der Waals surface area contributed by atoms with Crippen molar-refractivity contribution in [2.75, 3.05) is 14.2 Å². The summed E-state index contributed by atoms with van der Waals surface area (Å²) in [5.41, 5.74) is 0.718. The molecule has 1 N–H and O–H groups in total. The van der Waals surface area contributed by atoms with Gasteiger partial charge in [0.15, 0.2) is 5.76 Å². The Labute approximate surface area is 127 Å². The van der Waals surface area contributed by atoms with Gasteiger partial charge in [0.1, 0.15) is 11.4 Å². The van der Waals surface area contributed by atoms with Crippen molar-refractivity contribution in [3.63, 3.8) is 0 Å². The normalized spacial score (nSPS) is 10.9. The summed E-state index contributed by atoms with van der Waals surface area (Å²) < 4.78 is 14.7. The molecule has 0 bridgehead atoms. The third kappa shape index (κ3) is 3.76. The van der Waals surface area contributed by atoms with Crippen LogP contribution < -0.4 is 10.1 Å². The van der Waals surface area contributed by atoms with Crippen LogP contribution in [0.2, 0.25) is 0 Å². The van der Waals surface area contributed by atoms with E-state index in [1.807, 2.05) is 0 Å². The van der Waals surface area contributed by atoms with Crippen molar-refractivity contribution in [3.8, 4) is 5.75 Å². The first-order chi connectivity index (χ1) is 10.6. The maximum absolute atomic E-state index is 12.0. The minimum absolute atomic E-state index is 0.00840. The minimum Gasteiger partial charge on any atom is -0.497 e. The van der Waals surface area contributed by atoms with Gasteiger partial charge < -0.3 is 19.2 Å². The van der Waals surface area contributed by atoms with Crippen LogP contribution in [-0.4, -0.2) is 26.1 Å². The predicted molar refractivity (Wildman–Crippen MR) is 79.2 cm³/mol. The number of rotatable bonds is 5. The Morgan fingerprint density at radius 2 is 1.86 bits per heavy atom. The Morgan fingerprint density at radius 1 is 1.14 bits per heavy atom. The van der Waals surface area contributed by atoms with Gasteiger partial charge >= 0.3 is 5.97 Å². The first-order valence-corrected chi connectivity index (χ1v) is 6.43. The molecular weight excluding hydrogens is 286 g/mol. The SMILES string of the molecule is COC(=O)C(=Cc1ccc(OC)cc1)NC(=O)c1ccco1. The molecule has 1 aromatic carbocycles. The van der Waals surface area contributed by atoms with E-state index < -0.39 is 11.9 Å². The van der Waals surface area contributed by atoms with E-state index >= 15 is 0 Å². The molecule has 0 saturated carbocycles. The lowest BCUT2D eigenvalue weighted by Crippen LogP contribution is -2.27. The molecule has 1 aromatic heterocycles.